The van der Waals surface area contributed by atoms with Crippen LogP contribution in [-0.4, -0.2) is 41.2 Å². The SMILES string of the molecule is Cc1nc(-c2ccc(NC(=O)N3CCO[C@@H]4CCC[C@H]43)cc2)cs1. The van der Waals surface area contributed by atoms with Crippen LogP contribution in [-0.2, 0) is 4.74 Å². The van der Waals surface area contributed by atoms with Gasteiger partial charge in [0.15, 0.2) is 0 Å². The molecule has 2 fully saturated rings. The molecular weight excluding hydrogens is 322 g/mol. The molecule has 1 N–H and O–H groups in total. The van der Waals surface area contributed by atoms with E-state index in [-0.39, 0.29) is 18.2 Å². The van der Waals surface area contributed by atoms with Gasteiger partial charge >= 0.3 is 6.03 Å². The smallest absolute Gasteiger partial charge is 0.322 e. The minimum Gasteiger partial charge on any atom is -0.374 e. The van der Waals surface area contributed by atoms with Crippen molar-refractivity contribution in [1.82, 2.24) is 9.88 Å². The van der Waals surface area contributed by atoms with Crippen molar-refractivity contribution in [3.05, 3.63) is 34.7 Å². The number of hydrogen-bond acceptors (Lipinski definition) is 4. The molecule has 1 saturated heterocycles. The fourth-order valence-corrected chi connectivity index (χ4v) is 4.22. The molecule has 1 aliphatic heterocycles. The number of urea groups is 1. The van der Waals surface area contributed by atoms with E-state index in [1.54, 1.807) is 11.3 Å². The molecule has 0 spiro atoms. The Balaban J connectivity index is 1.44. The van der Waals surface area contributed by atoms with Gasteiger partial charge in [0.25, 0.3) is 0 Å². The number of amides is 2. The Kier molecular flexibility index (Phi) is 4.24. The van der Waals surface area contributed by atoms with Crippen LogP contribution in [0.25, 0.3) is 11.3 Å². The second-order valence-corrected chi connectivity index (χ2v) is 7.42. The number of anilines is 1. The molecule has 24 heavy (non-hydrogen) atoms. The molecule has 2 aliphatic rings. The predicted molar refractivity (Wildman–Crippen MR) is 95.4 cm³/mol. The summed E-state index contributed by atoms with van der Waals surface area (Å²) in [6.45, 7) is 3.31. The second kappa shape index (κ2) is 6.53. The van der Waals surface area contributed by atoms with Crippen LogP contribution in [0.4, 0.5) is 10.5 Å². The largest absolute Gasteiger partial charge is 0.374 e. The average Bonchev–Trinajstić information content (AvgIpc) is 3.24. The molecule has 6 heteroatoms. The highest BCUT2D eigenvalue weighted by Gasteiger charge is 2.38. The lowest BCUT2D eigenvalue weighted by atomic mass is 10.1. The van der Waals surface area contributed by atoms with Gasteiger partial charge in [-0.3, -0.25) is 0 Å². The van der Waals surface area contributed by atoms with Crippen molar-refractivity contribution < 1.29 is 9.53 Å². The molecule has 5 nitrogen and oxygen atoms in total. The highest BCUT2D eigenvalue weighted by molar-refractivity contribution is 7.09. The molecule has 1 aromatic carbocycles. The van der Waals surface area contributed by atoms with Gasteiger partial charge in [-0.2, -0.15) is 0 Å². The first-order valence-electron chi connectivity index (χ1n) is 8.42. The van der Waals surface area contributed by atoms with Crippen LogP contribution in [0.15, 0.2) is 29.6 Å². The Morgan fingerprint density at radius 2 is 2.17 bits per heavy atom. The van der Waals surface area contributed by atoms with Crippen LogP contribution in [0.5, 0.6) is 0 Å². The summed E-state index contributed by atoms with van der Waals surface area (Å²) in [5.41, 5.74) is 2.87. The van der Waals surface area contributed by atoms with Crippen molar-refractivity contribution in [1.29, 1.82) is 0 Å². The van der Waals surface area contributed by atoms with Crippen LogP contribution < -0.4 is 5.32 Å². The third-order valence-electron chi connectivity index (χ3n) is 4.79. The Morgan fingerprint density at radius 3 is 2.92 bits per heavy atom. The fraction of sp³-hybridized carbons (Fsp3) is 0.444. The van der Waals surface area contributed by atoms with E-state index in [1.807, 2.05) is 36.1 Å². The zero-order chi connectivity index (χ0) is 16.5. The van der Waals surface area contributed by atoms with E-state index < -0.39 is 0 Å². The molecule has 126 valence electrons. The number of morpholine rings is 1. The van der Waals surface area contributed by atoms with E-state index in [2.05, 4.69) is 15.7 Å². The first-order valence-corrected chi connectivity index (χ1v) is 9.30. The quantitative estimate of drug-likeness (QED) is 0.899. The van der Waals surface area contributed by atoms with Crippen molar-refractivity contribution in [3.63, 3.8) is 0 Å². The molecule has 1 aromatic heterocycles. The summed E-state index contributed by atoms with van der Waals surface area (Å²) in [5.74, 6) is 0. The van der Waals surface area contributed by atoms with Gasteiger partial charge in [0.1, 0.15) is 0 Å². The summed E-state index contributed by atoms with van der Waals surface area (Å²) >= 11 is 1.64. The number of fused-ring (bicyclic) bond motifs is 1. The second-order valence-electron chi connectivity index (χ2n) is 6.36. The number of hydrogen-bond donors (Lipinski definition) is 1. The van der Waals surface area contributed by atoms with Crippen LogP contribution in [0.3, 0.4) is 0 Å². The molecule has 0 bridgehead atoms. The first-order chi connectivity index (χ1) is 11.7. The normalized spacial score (nSPS) is 23.1. The monoisotopic (exact) mass is 343 g/mol. The van der Waals surface area contributed by atoms with Crippen molar-refractivity contribution in [2.45, 2.75) is 38.3 Å². The zero-order valence-electron chi connectivity index (χ0n) is 13.7. The zero-order valence-corrected chi connectivity index (χ0v) is 14.5. The topological polar surface area (TPSA) is 54.5 Å². The average molecular weight is 343 g/mol. The number of rotatable bonds is 2. The van der Waals surface area contributed by atoms with E-state index in [0.29, 0.717) is 13.2 Å². The number of carbonyl (C=O) groups excluding carboxylic acids is 1. The molecule has 0 unspecified atom stereocenters. The Hall–Kier alpha value is -1.92. The van der Waals surface area contributed by atoms with E-state index in [0.717, 1.165) is 41.2 Å². The Morgan fingerprint density at radius 1 is 1.33 bits per heavy atom. The molecule has 2 heterocycles. The Labute approximate surface area is 145 Å². The third-order valence-corrected chi connectivity index (χ3v) is 5.57. The van der Waals surface area contributed by atoms with E-state index in [9.17, 15) is 4.79 Å². The minimum absolute atomic E-state index is 0.0209. The van der Waals surface area contributed by atoms with Crippen molar-refractivity contribution >= 4 is 23.1 Å². The molecule has 2 atom stereocenters. The van der Waals surface area contributed by atoms with E-state index in [4.69, 9.17) is 4.74 Å². The number of benzene rings is 1. The highest BCUT2D eigenvalue weighted by Crippen LogP contribution is 2.30. The lowest BCUT2D eigenvalue weighted by Crippen LogP contribution is -2.52. The van der Waals surface area contributed by atoms with Gasteiger partial charge in [-0.25, -0.2) is 9.78 Å². The van der Waals surface area contributed by atoms with E-state index >= 15 is 0 Å². The van der Waals surface area contributed by atoms with Crippen LogP contribution in [0, 0.1) is 6.92 Å². The number of carbonyl (C=O) groups is 1. The first kappa shape index (κ1) is 15.6. The standard InChI is InChI=1S/C18H21N3O2S/c1-12-19-15(11-24-12)13-5-7-14(8-6-13)20-18(22)21-9-10-23-17-4-2-3-16(17)21/h5-8,11,16-17H,2-4,9-10H2,1H3,(H,20,22)/t16-,17-/m1/s1. The number of thiazole rings is 1. The maximum atomic E-state index is 12.6. The lowest BCUT2D eigenvalue weighted by molar-refractivity contribution is -0.0362. The van der Waals surface area contributed by atoms with E-state index in [1.165, 1.54) is 0 Å². The van der Waals surface area contributed by atoms with Gasteiger partial charge in [0.2, 0.25) is 0 Å². The van der Waals surface area contributed by atoms with Crippen molar-refractivity contribution in [2.24, 2.45) is 0 Å². The summed E-state index contributed by atoms with van der Waals surface area (Å²) in [7, 11) is 0. The fourth-order valence-electron chi connectivity index (χ4n) is 3.59. The number of aryl methyl sites for hydroxylation is 1. The molecular formula is C18H21N3O2S. The minimum atomic E-state index is -0.0209. The molecule has 0 radical (unpaired) electrons. The maximum Gasteiger partial charge on any atom is 0.322 e. The van der Waals surface area contributed by atoms with Crippen molar-refractivity contribution in [3.8, 4) is 11.3 Å². The predicted octanol–water partition coefficient (Wildman–Crippen LogP) is 3.90. The molecule has 1 aliphatic carbocycles. The van der Waals surface area contributed by atoms with Crippen LogP contribution in [0.1, 0.15) is 24.3 Å². The summed E-state index contributed by atoms with van der Waals surface area (Å²) in [4.78, 5) is 19.1. The molecule has 2 aromatic rings. The Bertz CT molecular complexity index is 728. The number of ether oxygens (including phenoxy) is 1. The van der Waals surface area contributed by atoms with Gasteiger partial charge in [-0.1, -0.05) is 12.1 Å². The van der Waals surface area contributed by atoms with Crippen LogP contribution in [0.2, 0.25) is 0 Å². The van der Waals surface area contributed by atoms with Gasteiger partial charge < -0.3 is 15.0 Å². The van der Waals surface area contributed by atoms with Gasteiger partial charge in [0.05, 0.1) is 29.5 Å². The number of nitrogens with zero attached hydrogens (tertiary/aromatic N) is 2. The summed E-state index contributed by atoms with van der Waals surface area (Å²) in [5, 5.41) is 6.13. The van der Waals surface area contributed by atoms with Gasteiger partial charge in [-0.05, 0) is 38.3 Å². The van der Waals surface area contributed by atoms with Crippen molar-refractivity contribution in [2.75, 3.05) is 18.5 Å². The molecule has 1 saturated carbocycles. The maximum absolute atomic E-state index is 12.6. The highest BCUT2D eigenvalue weighted by atomic mass is 32.1. The molecule has 2 amide bonds. The van der Waals surface area contributed by atoms with Gasteiger partial charge in [0, 0.05) is 23.2 Å². The number of aromatic nitrogens is 1. The summed E-state index contributed by atoms with van der Waals surface area (Å²) < 4.78 is 5.77. The van der Waals surface area contributed by atoms with Crippen LogP contribution >= 0.6 is 11.3 Å². The van der Waals surface area contributed by atoms with Gasteiger partial charge in [-0.15, -0.1) is 11.3 Å². The lowest BCUT2D eigenvalue weighted by Gasteiger charge is -2.37. The number of nitrogens with one attached hydrogen (secondary N) is 1. The molecule has 4 rings (SSSR count). The summed E-state index contributed by atoms with van der Waals surface area (Å²) in [6, 6.07) is 8.09. The third kappa shape index (κ3) is 3.03. The summed E-state index contributed by atoms with van der Waals surface area (Å²) in [6.07, 6.45) is 3.47.